The maximum Gasteiger partial charge on any atom is 0.416 e. The summed E-state index contributed by atoms with van der Waals surface area (Å²) in [7, 11) is 1.40. The molecule has 8 heteroatoms. The van der Waals surface area contributed by atoms with E-state index in [4.69, 9.17) is 16.2 Å². The van der Waals surface area contributed by atoms with Crippen LogP contribution in [0.25, 0.3) is 0 Å². The third-order valence-corrected chi connectivity index (χ3v) is 2.85. The van der Waals surface area contributed by atoms with Crippen LogP contribution >= 0.6 is 0 Å². The highest BCUT2D eigenvalue weighted by molar-refractivity contribution is 5.91. The Kier molecular flexibility index (Phi) is 6.13. The number of rotatable bonds is 6. The van der Waals surface area contributed by atoms with Gasteiger partial charge in [0.15, 0.2) is 0 Å². The van der Waals surface area contributed by atoms with Gasteiger partial charge in [0.05, 0.1) is 18.1 Å². The number of carbonyl (C=O) groups excluding carboxylic acids is 1. The first-order valence-electron chi connectivity index (χ1n) is 6.24. The molecule has 1 amide bonds. The monoisotopic (exact) mass is 305 g/mol. The van der Waals surface area contributed by atoms with E-state index in [-0.39, 0.29) is 30.8 Å². The van der Waals surface area contributed by atoms with Gasteiger partial charge in [0.2, 0.25) is 5.91 Å². The van der Waals surface area contributed by atoms with E-state index in [1.165, 1.54) is 13.2 Å². The smallest absolute Gasteiger partial charge is 0.380 e. The third-order valence-electron chi connectivity index (χ3n) is 2.85. The topological polar surface area (TPSA) is 90.4 Å². The molecule has 5 N–H and O–H groups in total. The molecule has 0 saturated carbocycles. The van der Waals surface area contributed by atoms with E-state index in [9.17, 15) is 18.0 Å². The Labute approximate surface area is 120 Å². The highest BCUT2D eigenvalue weighted by Gasteiger charge is 2.31. The van der Waals surface area contributed by atoms with E-state index in [0.29, 0.717) is 0 Å². The number of nitrogens with two attached hydrogens (primary N) is 2. The number of ether oxygens (including phenoxy) is 1. The second-order valence-corrected chi connectivity index (χ2v) is 4.47. The van der Waals surface area contributed by atoms with Crippen LogP contribution in [0, 0.1) is 0 Å². The molecule has 0 saturated heterocycles. The van der Waals surface area contributed by atoms with Crippen molar-refractivity contribution in [2.75, 3.05) is 19.0 Å². The third kappa shape index (κ3) is 5.33. The van der Waals surface area contributed by atoms with Crippen LogP contribution in [-0.4, -0.2) is 25.7 Å². The number of halogens is 3. The zero-order chi connectivity index (χ0) is 16.0. The average molecular weight is 305 g/mol. The molecule has 0 spiro atoms. The minimum Gasteiger partial charge on any atom is -0.380 e. The van der Waals surface area contributed by atoms with Crippen LogP contribution < -0.4 is 16.8 Å². The van der Waals surface area contributed by atoms with E-state index in [1.807, 2.05) is 0 Å². The Bertz CT molecular complexity index is 488. The number of hydrogen-bond donors (Lipinski definition) is 3. The Morgan fingerprint density at radius 2 is 2.00 bits per heavy atom. The van der Waals surface area contributed by atoms with Crippen LogP contribution in [0.4, 0.5) is 18.9 Å². The summed E-state index contributed by atoms with van der Waals surface area (Å²) in [6.07, 6.45) is -5.03. The van der Waals surface area contributed by atoms with Gasteiger partial charge in [-0.25, -0.2) is 0 Å². The molecule has 0 heterocycles. The van der Waals surface area contributed by atoms with Crippen molar-refractivity contribution in [3.63, 3.8) is 0 Å². The Morgan fingerprint density at radius 3 is 2.48 bits per heavy atom. The van der Waals surface area contributed by atoms with Gasteiger partial charge in [-0.15, -0.1) is 0 Å². The summed E-state index contributed by atoms with van der Waals surface area (Å²) in [6.45, 7) is 0.0802. The van der Waals surface area contributed by atoms with Crippen molar-refractivity contribution in [1.29, 1.82) is 0 Å². The Hall–Kier alpha value is -1.64. The molecule has 21 heavy (non-hydrogen) atoms. The van der Waals surface area contributed by atoms with Crippen LogP contribution in [0.1, 0.15) is 17.5 Å². The predicted molar refractivity (Wildman–Crippen MR) is 72.4 cm³/mol. The molecule has 1 rings (SSSR count). The van der Waals surface area contributed by atoms with Crippen molar-refractivity contribution in [3.8, 4) is 0 Å². The van der Waals surface area contributed by atoms with E-state index < -0.39 is 23.8 Å². The highest BCUT2D eigenvalue weighted by atomic mass is 19.4. The minimum atomic E-state index is -4.50. The number of anilines is 1. The molecule has 1 aromatic rings. The molecule has 1 aromatic carbocycles. The van der Waals surface area contributed by atoms with Crippen LogP contribution in [0.5, 0.6) is 0 Å². The lowest BCUT2D eigenvalue weighted by Crippen LogP contribution is -2.28. The summed E-state index contributed by atoms with van der Waals surface area (Å²) in [5.41, 5.74) is 10.2. The summed E-state index contributed by atoms with van der Waals surface area (Å²) in [5, 5.41) is 2.40. The molecule has 0 aliphatic carbocycles. The molecular formula is C13H18F3N3O2. The maximum absolute atomic E-state index is 12.8. The number of methoxy groups -OCH3 is 1. The first kappa shape index (κ1) is 17.4. The van der Waals surface area contributed by atoms with Gasteiger partial charge in [-0.3, -0.25) is 4.79 Å². The maximum atomic E-state index is 12.8. The van der Waals surface area contributed by atoms with Crippen LogP contribution in [0.2, 0.25) is 0 Å². The van der Waals surface area contributed by atoms with Gasteiger partial charge in [0.25, 0.3) is 0 Å². The molecule has 1 atom stereocenters. The highest BCUT2D eigenvalue weighted by Crippen LogP contribution is 2.32. The van der Waals surface area contributed by atoms with Gasteiger partial charge < -0.3 is 21.5 Å². The number of carbonyl (C=O) groups is 1. The van der Waals surface area contributed by atoms with Gasteiger partial charge in [0, 0.05) is 25.9 Å². The fraction of sp³-hybridized carbons (Fsp3) is 0.462. The molecule has 118 valence electrons. The SMILES string of the molecule is COC(CN)CC(=O)Nc1cc(CN)cc(C(F)(F)F)c1. The average Bonchev–Trinajstić information content (AvgIpc) is 2.43. The summed E-state index contributed by atoms with van der Waals surface area (Å²) >= 11 is 0. The largest absolute Gasteiger partial charge is 0.416 e. The normalized spacial score (nSPS) is 13.0. The Morgan fingerprint density at radius 1 is 1.33 bits per heavy atom. The van der Waals surface area contributed by atoms with E-state index in [0.717, 1.165) is 12.1 Å². The van der Waals surface area contributed by atoms with Gasteiger partial charge in [-0.2, -0.15) is 13.2 Å². The lowest BCUT2D eigenvalue weighted by molar-refractivity contribution is -0.137. The van der Waals surface area contributed by atoms with Crippen molar-refractivity contribution < 1.29 is 22.7 Å². The van der Waals surface area contributed by atoms with E-state index >= 15 is 0 Å². The first-order chi connectivity index (χ1) is 9.79. The van der Waals surface area contributed by atoms with Gasteiger partial charge in [0.1, 0.15) is 0 Å². The summed E-state index contributed by atoms with van der Waals surface area (Å²) < 4.78 is 43.2. The van der Waals surface area contributed by atoms with Crippen molar-refractivity contribution in [2.45, 2.75) is 25.2 Å². The number of benzene rings is 1. The number of hydrogen-bond acceptors (Lipinski definition) is 4. The lowest BCUT2D eigenvalue weighted by atomic mass is 10.1. The first-order valence-corrected chi connectivity index (χ1v) is 6.24. The second kappa shape index (κ2) is 7.39. The summed E-state index contributed by atoms with van der Waals surface area (Å²) in [6, 6.07) is 3.21. The number of nitrogens with one attached hydrogen (secondary N) is 1. The fourth-order valence-electron chi connectivity index (χ4n) is 1.73. The quantitative estimate of drug-likeness (QED) is 0.742. The fourth-order valence-corrected chi connectivity index (χ4v) is 1.73. The minimum absolute atomic E-state index is 0.0405. The van der Waals surface area contributed by atoms with Crippen molar-refractivity contribution in [3.05, 3.63) is 29.3 Å². The second-order valence-electron chi connectivity index (χ2n) is 4.47. The Balaban J connectivity index is 2.90. The van der Waals surface area contributed by atoms with Gasteiger partial charge in [-0.05, 0) is 23.8 Å². The van der Waals surface area contributed by atoms with Gasteiger partial charge >= 0.3 is 6.18 Å². The molecule has 0 aliphatic heterocycles. The number of amides is 1. The number of alkyl halides is 3. The van der Waals surface area contributed by atoms with Crippen LogP contribution in [0.15, 0.2) is 18.2 Å². The summed E-state index contributed by atoms with van der Waals surface area (Å²) in [5.74, 6) is -0.477. The van der Waals surface area contributed by atoms with Crippen LogP contribution in [-0.2, 0) is 22.3 Å². The van der Waals surface area contributed by atoms with Gasteiger partial charge in [-0.1, -0.05) is 0 Å². The summed E-state index contributed by atoms with van der Waals surface area (Å²) in [4.78, 5) is 11.7. The molecule has 0 aliphatic rings. The zero-order valence-corrected chi connectivity index (χ0v) is 11.5. The molecule has 1 unspecified atom stereocenters. The molecule has 0 radical (unpaired) electrons. The molecule has 5 nitrogen and oxygen atoms in total. The van der Waals surface area contributed by atoms with E-state index in [2.05, 4.69) is 5.32 Å². The molecule has 0 aromatic heterocycles. The molecule has 0 fully saturated rings. The van der Waals surface area contributed by atoms with Crippen LogP contribution in [0.3, 0.4) is 0 Å². The standard InChI is InChI=1S/C13H18F3N3O2/c1-21-11(7-18)5-12(20)19-10-3-8(6-17)2-9(4-10)13(14,15)16/h2-4,11H,5-7,17-18H2,1H3,(H,19,20). The van der Waals surface area contributed by atoms with E-state index in [1.54, 1.807) is 0 Å². The lowest BCUT2D eigenvalue weighted by Gasteiger charge is -2.15. The van der Waals surface area contributed by atoms with Crippen molar-refractivity contribution >= 4 is 11.6 Å². The molecular weight excluding hydrogens is 287 g/mol. The molecule has 0 bridgehead atoms. The predicted octanol–water partition coefficient (Wildman–Crippen LogP) is 1.47. The van der Waals surface area contributed by atoms with Crippen molar-refractivity contribution in [1.82, 2.24) is 0 Å². The van der Waals surface area contributed by atoms with Crippen molar-refractivity contribution in [2.24, 2.45) is 11.5 Å². The zero-order valence-electron chi connectivity index (χ0n) is 11.5.